The van der Waals surface area contributed by atoms with Gasteiger partial charge in [-0.1, -0.05) is 33.3 Å². The van der Waals surface area contributed by atoms with E-state index >= 15 is 0 Å². The lowest BCUT2D eigenvalue weighted by Crippen LogP contribution is -2.01. The highest BCUT2D eigenvalue weighted by atomic mass is 79.9. The number of aromatic nitrogens is 5. The first-order valence-electron chi connectivity index (χ1n) is 6.90. The zero-order valence-corrected chi connectivity index (χ0v) is 13.1. The number of benzene rings is 1. The van der Waals surface area contributed by atoms with Gasteiger partial charge in [0.2, 0.25) is 0 Å². The quantitative estimate of drug-likeness (QED) is 0.690. The summed E-state index contributed by atoms with van der Waals surface area (Å²) >= 11 is 3.45. The maximum absolute atomic E-state index is 4.17. The number of hydrogen-bond donors (Lipinski definition) is 0. The molecule has 0 saturated heterocycles. The van der Waals surface area contributed by atoms with Gasteiger partial charge in [0.1, 0.15) is 5.69 Å². The molecule has 0 fully saturated rings. The van der Waals surface area contributed by atoms with Crippen LogP contribution in [0.25, 0.3) is 0 Å². The standard InChI is InChI=1S/C15H16BrN5/c16-14-6-4-13(5-7-14)3-1-9-21-12-15(18-19-21)11-20-10-2-8-17-20/h2,4-8,10,12H,1,3,9,11H2. The summed E-state index contributed by atoms with van der Waals surface area (Å²) in [6, 6.07) is 10.4. The molecule has 2 heterocycles. The van der Waals surface area contributed by atoms with Crippen LogP contribution in [-0.4, -0.2) is 24.8 Å². The Morgan fingerprint density at radius 2 is 1.95 bits per heavy atom. The molecular weight excluding hydrogens is 330 g/mol. The van der Waals surface area contributed by atoms with Crippen molar-refractivity contribution in [1.29, 1.82) is 0 Å². The van der Waals surface area contributed by atoms with E-state index in [0.29, 0.717) is 6.54 Å². The Balaban J connectivity index is 1.49. The molecule has 3 rings (SSSR count). The van der Waals surface area contributed by atoms with Crippen LogP contribution < -0.4 is 0 Å². The largest absolute Gasteiger partial charge is 0.267 e. The minimum Gasteiger partial charge on any atom is -0.267 e. The van der Waals surface area contributed by atoms with Gasteiger partial charge in [0.15, 0.2) is 0 Å². The van der Waals surface area contributed by atoms with Gasteiger partial charge in [-0.05, 0) is 36.6 Å². The van der Waals surface area contributed by atoms with Crippen LogP contribution in [0, 0.1) is 0 Å². The number of aryl methyl sites for hydroxylation is 2. The highest BCUT2D eigenvalue weighted by Crippen LogP contribution is 2.12. The van der Waals surface area contributed by atoms with Crippen molar-refractivity contribution in [3.63, 3.8) is 0 Å². The summed E-state index contributed by atoms with van der Waals surface area (Å²) in [6.07, 6.45) is 7.77. The highest BCUT2D eigenvalue weighted by molar-refractivity contribution is 9.10. The highest BCUT2D eigenvalue weighted by Gasteiger charge is 2.02. The van der Waals surface area contributed by atoms with Crippen LogP contribution in [0.15, 0.2) is 53.4 Å². The first-order valence-corrected chi connectivity index (χ1v) is 7.70. The van der Waals surface area contributed by atoms with Crippen molar-refractivity contribution < 1.29 is 0 Å². The monoisotopic (exact) mass is 345 g/mol. The molecule has 0 aliphatic heterocycles. The Hall–Kier alpha value is -1.95. The first-order chi connectivity index (χ1) is 10.3. The van der Waals surface area contributed by atoms with Crippen molar-refractivity contribution in [3.8, 4) is 0 Å². The van der Waals surface area contributed by atoms with Gasteiger partial charge in [-0.15, -0.1) is 5.10 Å². The van der Waals surface area contributed by atoms with Gasteiger partial charge in [-0.25, -0.2) is 0 Å². The number of hydrogen-bond acceptors (Lipinski definition) is 3. The van der Waals surface area contributed by atoms with Crippen molar-refractivity contribution in [3.05, 3.63) is 64.7 Å². The fourth-order valence-electron chi connectivity index (χ4n) is 2.18. The normalized spacial score (nSPS) is 10.9. The van der Waals surface area contributed by atoms with Crippen LogP contribution in [0.2, 0.25) is 0 Å². The molecule has 6 heteroatoms. The van der Waals surface area contributed by atoms with Crippen LogP contribution in [0.1, 0.15) is 17.7 Å². The van der Waals surface area contributed by atoms with E-state index in [1.54, 1.807) is 6.20 Å². The van der Waals surface area contributed by atoms with Crippen LogP contribution >= 0.6 is 15.9 Å². The van der Waals surface area contributed by atoms with Crippen LogP contribution in [-0.2, 0) is 19.5 Å². The Morgan fingerprint density at radius 1 is 1.10 bits per heavy atom. The van der Waals surface area contributed by atoms with Gasteiger partial charge >= 0.3 is 0 Å². The number of nitrogens with zero attached hydrogens (tertiary/aromatic N) is 5. The Morgan fingerprint density at radius 3 is 2.71 bits per heavy atom. The van der Waals surface area contributed by atoms with Gasteiger partial charge in [-0.2, -0.15) is 5.10 Å². The second kappa shape index (κ2) is 6.67. The lowest BCUT2D eigenvalue weighted by Gasteiger charge is -2.02. The smallest absolute Gasteiger partial charge is 0.104 e. The molecule has 0 aliphatic carbocycles. The Labute approximate surface area is 131 Å². The maximum atomic E-state index is 4.17. The SMILES string of the molecule is Brc1ccc(CCCn2cc(Cn3cccn3)nn2)cc1. The molecule has 0 spiro atoms. The molecule has 0 N–H and O–H groups in total. The molecule has 0 radical (unpaired) electrons. The minimum absolute atomic E-state index is 0.666. The summed E-state index contributed by atoms with van der Waals surface area (Å²) in [5, 5.41) is 12.5. The molecule has 0 unspecified atom stereocenters. The van der Waals surface area contributed by atoms with Gasteiger partial charge < -0.3 is 0 Å². The lowest BCUT2D eigenvalue weighted by molar-refractivity contribution is 0.558. The van der Waals surface area contributed by atoms with Gasteiger partial charge in [-0.3, -0.25) is 9.36 Å². The van der Waals surface area contributed by atoms with E-state index < -0.39 is 0 Å². The summed E-state index contributed by atoms with van der Waals surface area (Å²) in [6.45, 7) is 1.54. The van der Waals surface area contributed by atoms with Gasteiger partial charge in [0.25, 0.3) is 0 Å². The van der Waals surface area contributed by atoms with E-state index in [2.05, 4.69) is 55.6 Å². The third-order valence-corrected chi connectivity index (χ3v) is 3.76. The topological polar surface area (TPSA) is 48.5 Å². The van der Waals surface area contributed by atoms with Gasteiger partial charge in [0.05, 0.1) is 12.7 Å². The molecule has 5 nitrogen and oxygen atoms in total. The van der Waals surface area contributed by atoms with Crippen molar-refractivity contribution in [2.45, 2.75) is 25.9 Å². The van der Waals surface area contributed by atoms with Crippen LogP contribution in [0.5, 0.6) is 0 Å². The lowest BCUT2D eigenvalue weighted by atomic mass is 10.1. The molecule has 21 heavy (non-hydrogen) atoms. The maximum Gasteiger partial charge on any atom is 0.104 e. The second-order valence-corrected chi connectivity index (χ2v) is 5.82. The molecule has 0 atom stereocenters. The second-order valence-electron chi connectivity index (χ2n) is 4.91. The summed E-state index contributed by atoms with van der Waals surface area (Å²) in [4.78, 5) is 0. The van der Waals surface area contributed by atoms with Crippen molar-refractivity contribution in [2.24, 2.45) is 0 Å². The number of rotatable bonds is 6. The average Bonchev–Trinajstić information content (AvgIpc) is 3.14. The van der Waals surface area contributed by atoms with Crippen molar-refractivity contribution >= 4 is 15.9 Å². The summed E-state index contributed by atoms with van der Waals surface area (Å²) in [5.74, 6) is 0. The molecule has 0 saturated carbocycles. The van der Waals surface area contributed by atoms with Crippen molar-refractivity contribution in [1.82, 2.24) is 24.8 Å². The van der Waals surface area contributed by atoms with E-state index in [0.717, 1.165) is 29.6 Å². The molecule has 2 aromatic heterocycles. The van der Waals surface area contributed by atoms with Crippen LogP contribution in [0.3, 0.4) is 0 Å². The predicted octanol–water partition coefficient (Wildman–Crippen LogP) is 2.92. The molecule has 3 aromatic rings. The Kier molecular flexibility index (Phi) is 4.45. The molecule has 0 bridgehead atoms. The summed E-state index contributed by atoms with van der Waals surface area (Å²) < 4.78 is 4.86. The summed E-state index contributed by atoms with van der Waals surface area (Å²) in [5.41, 5.74) is 2.28. The first kappa shape index (κ1) is 14.0. The van der Waals surface area contributed by atoms with E-state index in [-0.39, 0.29) is 0 Å². The average molecular weight is 346 g/mol. The van der Waals surface area contributed by atoms with E-state index in [1.165, 1.54) is 5.56 Å². The van der Waals surface area contributed by atoms with E-state index in [1.807, 2.05) is 27.8 Å². The summed E-state index contributed by atoms with van der Waals surface area (Å²) in [7, 11) is 0. The Bertz CT molecular complexity index is 672. The molecule has 0 aliphatic rings. The fraction of sp³-hybridized carbons (Fsp3) is 0.267. The third kappa shape index (κ3) is 4.01. The predicted molar refractivity (Wildman–Crippen MR) is 83.8 cm³/mol. The zero-order valence-electron chi connectivity index (χ0n) is 11.6. The zero-order chi connectivity index (χ0) is 14.5. The fourth-order valence-corrected chi connectivity index (χ4v) is 2.44. The molecule has 108 valence electrons. The molecule has 1 aromatic carbocycles. The molecular formula is C15H16BrN5. The third-order valence-electron chi connectivity index (χ3n) is 3.24. The van der Waals surface area contributed by atoms with Crippen LogP contribution in [0.4, 0.5) is 0 Å². The van der Waals surface area contributed by atoms with E-state index in [4.69, 9.17) is 0 Å². The van der Waals surface area contributed by atoms with Crippen molar-refractivity contribution in [2.75, 3.05) is 0 Å². The molecule has 0 amide bonds. The van der Waals surface area contributed by atoms with Gasteiger partial charge in [0, 0.05) is 23.4 Å². The number of halogens is 1. The minimum atomic E-state index is 0.666. The van der Waals surface area contributed by atoms with E-state index in [9.17, 15) is 0 Å².